The zero-order chi connectivity index (χ0) is 14.1. The summed E-state index contributed by atoms with van der Waals surface area (Å²) in [5, 5.41) is 11.9. The standard InChI is InChI=1S/C14H25NO4/c1-19-9-5-8-15-12(16)10-14(11-13(17)18)6-3-2-4-7-14/h2-11H2,1H3,(H,15,16)(H,17,18). The SMILES string of the molecule is COCCCNC(=O)CC1(CC(=O)O)CCCCC1. The molecule has 0 aromatic heterocycles. The van der Waals surface area contributed by atoms with Crippen molar-refractivity contribution in [3.05, 3.63) is 0 Å². The number of hydrogen-bond donors (Lipinski definition) is 2. The molecule has 1 fully saturated rings. The van der Waals surface area contributed by atoms with Gasteiger partial charge in [-0.25, -0.2) is 0 Å². The molecule has 0 radical (unpaired) electrons. The Labute approximate surface area is 114 Å². The number of rotatable bonds is 8. The van der Waals surface area contributed by atoms with E-state index in [1.165, 1.54) is 0 Å². The van der Waals surface area contributed by atoms with Crippen molar-refractivity contribution in [2.45, 2.75) is 51.4 Å². The van der Waals surface area contributed by atoms with Crippen molar-refractivity contribution >= 4 is 11.9 Å². The number of carbonyl (C=O) groups is 2. The molecule has 5 nitrogen and oxygen atoms in total. The van der Waals surface area contributed by atoms with Gasteiger partial charge in [0, 0.05) is 26.7 Å². The smallest absolute Gasteiger partial charge is 0.303 e. The van der Waals surface area contributed by atoms with Crippen molar-refractivity contribution < 1.29 is 19.4 Å². The van der Waals surface area contributed by atoms with Crippen molar-refractivity contribution in [3.63, 3.8) is 0 Å². The van der Waals surface area contributed by atoms with E-state index in [2.05, 4.69) is 5.32 Å². The van der Waals surface area contributed by atoms with Crippen LogP contribution in [0.5, 0.6) is 0 Å². The van der Waals surface area contributed by atoms with E-state index in [1.807, 2.05) is 0 Å². The van der Waals surface area contributed by atoms with Crippen LogP contribution >= 0.6 is 0 Å². The fraction of sp³-hybridized carbons (Fsp3) is 0.857. The molecule has 0 atom stereocenters. The quantitative estimate of drug-likeness (QED) is 0.662. The summed E-state index contributed by atoms with van der Waals surface area (Å²) in [6.45, 7) is 1.22. The molecular formula is C14H25NO4. The number of carboxylic acid groups (broad SMARTS) is 1. The Morgan fingerprint density at radius 3 is 2.47 bits per heavy atom. The molecule has 0 saturated heterocycles. The van der Waals surface area contributed by atoms with Gasteiger partial charge in [0.1, 0.15) is 0 Å². The number of methoxy groups -OCH3 is 1. The summed E-state index contributed by atoms with van der Waals surface area (Å²) in [4.78, 5) is 22.9. The molecule has 2 N–H and O–H groups in total. The molecule has 0 unspecified atom stereocenters. The van der Waals surface area contributed by atoms with Gasteiger partial charge in [0.05, 0.1) is 6.42 Å². The Balaban J connectivity index is 2.43. The minimum Gasteiger partial charge on any atom is -0.481 e. The van der Waals surface area contributed by atoms with Gasteiger partial charge in [-0.15, -0.1) is 0 Å². The maximum absolute atomic E-state index is 11.9. The third-order valence-electron chi connectivity index (χ3n) is 3.82. The van der Waals surface area contributed by atoms with E-state index < -0.39 is 5.97 Å². The van der Waals surface area contributed by atoms with Crippen LogP contribution in [-0.2, 0) is 14.3 Å². The van der Waals surface area contributed by atoms with Crippen LogP contribution in [0.4, 0.5) is 0 Å². The molecule has 1 rings (SSSR count). The Bertz CT molecular complexity index is 298. The topological polar surface area (TPSA) is 75.6 Å². The highest BCUT2D eigenvalue weighted by Gasteiger charge is 2.36. The van der Waals surface area contributed by atoms with Crippen LogP contribution in [0, 0.1) is 5.41 Å². The zero-order valence-electron chi connectivity index (χ0n) is 11.7. The molecule has 110 valence electrons. The Morgan fingerprint density at radius 2 is 1.89 bits per heavy atom. The predicted octanol–water partition coefficient (Wildman–Crippen LogP) is 1.95. The summed E-state index contributed by atoms with van der Waals surface area (Å²) in [6.07, 6.45) is 6.15. The molecule has 0 spiro atoms. The minimum absolute atomic E-state index is 0.0285. The molecule has 0 aromatic carbocycles. The van der Waals surface area contributed by atoms with Gasteiger partial charge in [0.15, 0.2) is 0 Å². The van der Waals surface area contributed by atoms with E-state index >= 15 is 0 Å². The van der Waals surface area contributed by atoms with E-state index in [9.17, 15) is 9.59 Å². The second kappa shape index (κ2) is 8.15. The van der Waals surface area contributed by atoms with Crippen LogP contribution in [0.1, 0.15) is 51.4 Å². The Hall–Kier alpha value is -1.10. The average Bonchev–Trinajstić information content (AvgIpc) is 2.34. The van der Waals surface area contributed by atoms with E-state index in [0.717, 1.165) is 38.5 Å². The molecule has 0 heterocycles. The van der Waals surface area contributed by atoms with Gasteiger partial charge in [-0.1, -0.05) is 19.3 Å². The summed E-state index contributed by atoms with van der Waals surface area (Å²) in [5.41, 5.74) is -0.324. The molecule has 1 aliphatic rings. The summed E-state index contributed by atoms with van der Waals surface area (Å²) in [6, 6.07) is 0. The minimum atomic E-state index is -0.797. The largest absolute Gasteiger partial charge is 0.481 e. The summed E-state index contributed by atoms with van der Waals surface area (Å²) < 4.78 is 4.92. The van der Waals surface area contributed by atoms with Crippen LogP contribution in [0.2, 0.25) is 0 Å². The lowest BCUT2D eigenvalue weighted by Crippen LogP contribution is -2.35. The Morgan fingerprint density at radius 1 is 1.21 bits per heavy atom. The first-order chi connectivity index (χ1) is 9.08. The van der Waals surface area contributed by atoms with Crippen LogP contribution in [0.15, 0.2) is 0 Å². The third-order valence-corrected chi connectivity index (χ3v) is 3.82. The highest BCUT2D eigenvalue weighted by Crippen LogP contribution is 2.42. The second-order valence-electron chi connectivity index (χ2n) is 5.50. The van der Waals surface area contributed by atoms with E-state index in [4.69, 9.17) is 9.84 Å². The second-order valence-corrected chi connectivity index (χ2v) is 5.50. The number of aliphatic carboxylic acids is 1. The monoisotopic (exact) mass is 271 g/mol. The van der Waals surface area contributed by atoms with E-state index in [1.54, 1.807) is 7.11 Å². The number of ether oxygens (including phenoxy) is 1. The van der Waals surface area contributed by atoms with Crippen molar-refractivity contribution in [1.82, 2.24) is 5.32 Å². The fourth-order valence-corrected chi connectivity index (χ4v) is 2.89. The molecule has 1 saturated carbocycles. The van der Waals surface area contributed by atoms with Gasteiger partial charge in [-0.05, 0) is 24.7 Å². The lowest BCUT2D eigenvalue weighted by Gasteiger charge is -2.35. The number of carboxylic acids is 1. The first-order valence-corrected chi connectivity index (χ1v) is 7.05. The van der Waals surface area contributed by atoms with Gasteiger partial charge < -0.3 is 15.2 Å². The molecule has 19 heavy (non-hydrogen) atoms. The highest BCUT2D eigenvalue weighted by molar-refractivity contribution is 5.78. The number of nitrogens with one attached hydrogen (secondary N) is 1. The van der Waals surface area contributed by atoms with E-state index in [0.29, 0.717) is 19.6 Å². The number of amides is 1. The average molecular weight is 271 g/mol. The Kier molecular flexibility index (Phi) is 6.84. The van der Waals surface area contributed by atoms with Gasteiger partial charge in [-0.2, -0.15) is 0 Å². The van der Waals surface area contributed by atoms with Crippen molar-refractivity contribution in [3.8, 4) is 0 Å². The van der Waals surface area contributed by atoms with Crippen LogP contribution < -0.4 is 5.32 Å². The lowest BCUT2D eigenvalue weighted by atomic mass is 9.69. The molecule has 0 aromatic rings. The predicted molar refractivity (Wildman–Crippen MR) is 71.9 cm³/mol. The number of hydrogen-bond acceptors (Lipinski definition) is 3. The van der Waals surface area contributed by atoms with Gasteiger partial charge >= 0.3 is 5.97 Å². The summed E-state index contributed by atoms with van der Waals surface area (Å²) in [7, 11) is 1.63. The fourth-order valence-electron chi connectivity index (χ4n) is 2.89. The third kappa shape index (κ3) is 6.05. The van der Waals surface area contributed by atoms with Gasteiger partial charge in [0.2, 0.25) is 5.91 Å². The molecule has 0 bridgehead atoms. The van der Waals surface area contributed by atoms with Gasteiger partial charge in [-0.3, -0.25) is 9.59 Å². The highest BCUT2D eigenvalue weighted by atomic mass is 16.5. The van der Waals surface area contributed by atoms with Crippen molar-refractivity contribution in [2.75, 3.05) is 20.3 Å². The summed E-state index contributed by atoms with van der Waals surface area (Å²) in [5.74, 6) is -0.826. The molecule has 5 heteroatoms. The van der Waals surface area contributed by atoms with E-state index in [-0.39, 0.29) is 17.7 Å². The van der Waals surface area contributed by atoms with Crippen LogP contribution in [0.3, 0.4) is 0 Å². The first kappa shape index (κ1) is 16.0. The maximum atomic E-state index is 11.9. The maximum Gasteiger partial charge on any atom is 0.303 e. The molecule has 1 aliphatic carbocycles. The van der Waals surface area contributed by atoms with Crippen LogP contribution in [-0.4, -0.2) is 37.2 Å². The molecule has 1 amide bonds. The van der Waals surface area contributed by atoms with Crippen molar-refractivity contribution in [1.29, 1.82) is 0 Å². The normalized spacial score (nSPS) is 17.9. The first-order valence-electron chi connectivity index (χ1n) is 7.05. The number of carbonyl (C=O) groups excluding carboxylic acids is 1. The summed E-state index contributed by atoms with van der Waals surface area (Å²) >= 11 is 0. The zero-order valence-corrected chi connectivity index (χ0v) is 11.7. The lowest BCUT2D eigenvalue weighted by molar-refractivity contribution is -0.141. The van der Waals surface area contributed by atoms with Crippen LogP contribution in [0.25, 0.3) is 0 Å². The van der Waals surface area contributed by atoms with Gasteiger partial charge in [0.25, 0.3) is 0 Å². The molecule has 0 aliphatic heterocycles. The van der Waals surface area contributed by atoms with Crippen molar-refractivity contribution in [2.24, 2.45) is 5.41 Å². The molecular weight excluding hydrogens is 246 g/mol.